The SMILES string of the molecule is CCn1ncnc1-c1ccc(Nc2cn(-c3c(Cl)cccc3Cl)nc2C(N)=O)nc1. The Labute approximate surface area is 181 Å². The number of anilines is 2. The van der Waals surface area contributed by atoms with Gasteiger partial charge in [-0.3, -0.25) is 4.79 Å². The standard InChI is InChI=1S/C19H16Cl2N8O/c1-2-28-19(24-10-25-28)11-6-7-15(23-8-11)26-14-9-29(27-16(14)18(22)30)17-12(20)4-3-5-13(17)21/h3-10H,2H2,1H3,(H2,22,30)(H,23,26). The van der Waals surface area contributed by atoms with E-state index in [2.05, 4.69) is 25.5 Å². The van der Waals surface area contributed by atoms with Crippen LogP contribution in [0, 0.1) is 0 Å². The predicted octanol–water partition coefficient (Wildman–Crippen LogP) is 3.70. The van der Waals surface area contributed by atoms with Gasteiger partial charge in [0.1, 0.15) is 17.8 Å². The Hall–Kier alpha value is -3.43. The first kappa shape index (κ1) is 19.9. The molecule has 11 heteroatoms. The van der Waals surface area contributed by atoms with Crippen LogP contribution in [0.2, 0.25) is 10.0 Å². The molecule has 3 aromatic heterocycles. The summed E-state index contributed by atoms with van der Waals surface area (Å²) in [5.41, 5.74) is 7.15. The molecule has 3 heterocycles. The molecule has 0 aliphatic heterocycles. The highest BCUT2D eigenvalue weighted by Gasteiger charge is 2.18. The highest BCUT2D eigenvalue weighted by molar-refractivity contribution is 6.37. The van der Waals surface area contributed by atoms with E-state index in [0.717, 1.165) is 11.4 Å². The number of carbonyl (C=O) groups is 1. The van der Waals surface area contributed by atoms with Crippen molar-refractivity contribution >= 4 is 40.6 Å². The molecule has 4 rings (SSSR count). The molecule has 3 N–H and O–H groups in total. The van der Waals surface area contributed by atoms with Gasteiger partial charge in [0.05, 0.1) is 21.9 Å². The van der Waals surface area contributed by atoms with Gasteiger partial charge in [0.15, 0.2) is 11.5 Å². The lowest BCUT2D eigenvalue weighted by atomic mass is 10.2. The molecular formula is C19H16Cl2N8O. The van der Waals surface area contributed by atoms with Crippen molar-refractivity contribution in [2.24, 2.45) is 5.73 Å². The van der Waals surface area contributed by atoms with E-state index in [9.17, 15) is 4.79 Å². The number of hydrogen-bond acceptors (Lipinski definition) is 6. The minimum atomic E-state index is -0.702. The molecule has 1 aromatic carbocycles. The van der Waals surface area contributed by atoms with E-state index in [1.54, 1.807) is 41.3 Å². The Kier molecular flexibility index (Phi) is 5.39. The highest BCUT2D eigenvalue weighted by atomic mass is 35.5. The van der Waals surface area contributed by atoms with Gasteiger partial charge in [-0.15, -0.1) is 0 Å². The molecule has 0 radical (unpaired) electrons. The number of pyridine rings is 1. The molecular weight excluding hydrogens is 427 g/mol. The van der Waals surface area contributed by atoms with Gasteiger partial charge in [0.25, 0.3) is 5.91 Å². The van der Waals surface area contributed by atoms with Crippen LogP contribution in [-0.2, 0) is 6.54 Å². The van der Waals surface area contributed by atoms with Crippen LogP contribution < -0.4 is 11.1 Å². The van der Waals surface area contributed by atoms with Crippen molar-refractivity contribution in [2.75, 3.05) is 5.32 Å². The summed E-state index contributed by atoms with van der Waals surface area (Å²) >= 11 is 12.5. The summed E-state index contributed by atoms with van der Waals surface area (Å²) in [5.74, 6) is 0.510. The molecule has 0 aliphatic carbocycles. The third kappa shape index (κ3) is 3.72. The number of primary amides is 1. The van der Waals surface area contributed by atoms with Crippen molar-refractivity contribution in [3.05, 3.63) is 64.8 Å². The molecule has 30 heavy (non-hydrogen) atoms. The van der Waals surface area contributed by atoms with Gasteiger partial charge < -0.3 is 11.1 Å². The fraction of sp³-hybridized carbons (Fsp3) is 0.105. The maximum Gasteiger partial charge on any atom is 0.271 e. The summed E-state index contributed by atoms with van der Waals surface area (Å²) in [4.78, 5) is 20.6. The third-order valence-corrected chi connectivity index (χ3v) is 4.92. The molecule has 4 aromatic rings. The smallest absolute Gasteiger partial charge is 0.271 e. The molecule has 0 atom stereocenters. The number of para-hydroxylation sites is 1. The predicted molar refractivity (Wildman–Crippen MR) is 114 cm³/mol. The van der Waals surface area contributed by atoms with Gasteiger partial charge >= 0.3 is 0 Å². The van der Waals surface area contributed by atoms with Crippen molar-refractivity contribution < 1.29 is 4.79 Å². The Bertz CT molecular complexity index is 1200. The topological polar surface area (TPSA) is 117 Å². The van der Waals surface area contributed by atoms with Crippen molar-refractivity contribution in [3.8, 4) is 17.1 Å². The van der Waals surface area contributed by atoms with Gasteiger partial charge in [0, 0.05) is 18.3 Å². The lowest BCUT2D eigenvalue weighted by Gasteiger charge is -2.07. The second-order valence-electron chi connectivity index (χ2n) is 6.23. The lowest BCUT2D eigenvalue weighted by molar-refractivity contribution is 0.0996. The van der Waals surface area contributed by atoms with E-state index in [0.29, 0.717) is 33.8 Å². The van der Waals surface area contributed by atoms with Crippen LogP contribution >= 0.6 is 23.2 Å². The summed E-state index contributed by atoms with van der Waals surface area (Å²) < 4.78 is 3.18. The Balaban J connectivity index is 1.66. The number of amides is 1. The molecule has 0 saturated carbocycles. The lowest BCUT2D eigenvalue weighted by Crippen LogP contribution is -2.14. The Morgan fingerprint density at radius 1 is 1.17 bits per heavy atom. The minimum absolute atomic E-state index is 0.0302. The first-order valence-electron chi connectivity index (χ1n) is 8.93. The van der Waals surface area contributed by atoms with E-state index in [1.165, 1.54) is 11.0 Å². The van der Waals surface area contributed by atoms with Crippen molar-refractivity contribution in [3.63, 3.8) is 0 Å². The van der Waals surface area contributed by atoms with Crippen LogP contribution in [0.1, 0.15) is 17.4 Å². The van der Waals surface area contributed by atoms with E-state index in [-0.39, 0.29) is 5.69 Å². The fourth-order valence-electron chi connectivity index (χ4n) is 2.93. The number of aryl methyl sites for hydroxylation is 1. The highest BCUT2D eigenvalue weighted by Crippen LogP contribution is 2.30. The van der Waals surface area contributed by atoms with Crippen LogP contribution in [0.25, 0.3) is 17.1 Å². The number of benzene rings is 1. The zero-order chi connectivity index (χ0) is 21.3. The fourth-order valence-corrected chi connectivity index (χ4v) is 3.50. The number of nitrogens with two attached hydrogens (primary N) is 1. The summed E-state index contributed by atoms with van der Waals surface area (Å²) in [5, 5.41) is 12.2. The van der Waals surface area contributed by atoms with Crippen molar-refractivity contribution in [1.82, 2.24) is 29.5 Å². The quantitative estimate of drug-likeness (QED) is 0.470. The van der Waals surface area contributed by atoms with Crippen LogP contribution in [0.3, 0.4) is 0 Å². The second-order valence-corrected chi connectivity index (χ2v) is 7.04. The average molecular weight is 443 g/mol. The average Bonchev–Trinajstić information content (AvgIpc) is 3.36. The molecule has 0 unspecified atom stereocenters. The van der Waals surface area contributed by atoms with Crippen LogP contribution in [0.5, 0.6) is 0 Å². The summed E-state index contributed by atoms with van der Waals surface area (Å²) in [6, 6.07) is 8.68. The molecule has 0 spiro atoms. The van der Waals surface area contributed by atoms with E-state index in [1.807, 2.05) is 13.0 Å². The zero-order valence-corrected chi connectivity index (χ0v) is 17.3. The van der Waals surface area contributed by atoms with Gasteiger partial charge in [-0.25, -0.2) is 19.3 Å². The summed E-state index contributed by atoms with van der Waals surface area (Å²) in [6.45, 7) is 2.68. The van der Waals surface area contributed by atoms with E-state index in [4.69, 9.17) is 28.9 Å². The zero-order valence-electron chi connectivity index (χ0n) is 15.8. The molecule has 0 bridgehead atoms. The van der Waals surface area contributed by atoms with Crippen LogP contribution in [0.4, 0.5) is 11.5 Å². The number of aromatic nitrogens is 6. The second kappa shape index (κ2) is 8.13. The summed E-state index contributed by atoms with van der Waals surface area (Å²) in [7, 11) is 0. The van der Waals surface area contributed by atoms with Crippen molar-refractivity contribution in [1.29, 1.82) is 0 Å². The van der Waals surface area contributed by atoms with Crippen LogP contribution in [0.15, 0.2) is 49.1 Å². The largest absolute Gasteiger partial charge is 0.364 e. The number of hydrogen-bond donors (Lipinski definition) is 2. The summed E-state index contributed by atoms with van der Waals surface area (Å²) in [6.07, 6.45) is 4.74. The molecule has 0 saturated heterocycles. The molecule has 152 valence electrons. The van der Waals surface area contributed by atoms with Gasteiger partial charge in [-0.05, 0) is 31.2 Å². The van der Waals surface area contributed by atoms with E-state index < -0.39 is 5.91 Å². The van der Waals surface area contributed by atoms with E-state index >= 15 is 0 Å². The number of carbonyl (C=O) groups excluding carboxylic acids is 1. The van der Waals surface area contributed by atoms with Gasteiger partial charge in [-0.1, -0.05) is 29.3 Å². The number of rotatable bonds is 6. The first-order valence-corrected chi connectivity index (χ1v) is 9.68. The molecule has 9 nitrogen and oxygen atoms in total. The van der Waals surface area contributed by atoms with Crippen molar-refractivity contribution in [2.45, 2.75) is 13.5 Å². The number of nitrogens with one attached hydrogen (secondary N) is 1. The number of halogens is 2. The third-order valence-electron chi connectivity index (χ3n) is 4.31. The first-order chi connectivity index (χ1) is 14.5. The van der Waals surface area contributed by atoms with Gasteiger partial charge in [-0.2, -0.15) is 10.2 Å². The molecule has 0 fully saturated rings. The van der Waals surface area contributed by atoms with Crippen LogP contribution in [-0.4, -0.2) is 35.4 Å². The monoisotopic (exact) mass is 442 g/mol. The Morgan fingerprint density at radius 3 is 2.57 bits per heavy atom. The normalized spacial score (nSPS) is 10.9. The number of nitrogens with zero attached hydrogens (tertiary/aromatic N) is 6. The minimum Gasteiger partial charge on any atom is -0.364 e. The maximum absolute atomic E-state index is 11.9. The molecule has 1 amide bonds. The Morgan fingerprint density at radius 2 is 1.93 bits per heavy atom. The van der Waals surface area contributed by atoms with Gasteiger partial charge in [0.2, 0.25) is 0 Å². The maximum atomic E-state index is 11.9. The molecule has 0 aliphatic rings.